The fraction of sp³-hybridized carbons (Fsp3) is 0.435. The van der Waals surface area contributed by atoms with Crippen LogP contribution in [-0.4, -0.2) is 43.4 Å². The quantitative estimate of drug-likeness (QED) is 0.787. The van der Waals surface area contributed by atoms with Crippen LogP contribution in [0.1, 0.15) is 30.0 Å². The van der Waals surface area contributed by atoms with Crippen LogP contribution in [-0.2, 0) is 14.3 Å². The highest BCUT2D eigenvalue weighted by molar-refractivity contribution is 6.31. The lowest BCUT2D eigenvalue weighted by atomic mass is 9.93. The largest absolute Gasteiger partial charge is 0.350 e. The lowest BCUT2D eigenvalue weighted by Gasteiger charge is -2.38. The summed E-state index contributed by atoms with van der Waals surface area (Å²) in [6.45, 7) is 4.96. The van der Waals surface area contributed by atoms with E-state index < -0.39 is 0 Å². The third kappa shape index (κ3) is 4.81. The zero-order valence-corrected chi connectivity index (χ0v) is 17.4. The molecule has 0 spiro atoms. The first-order chi connectivity index (χ1) is 14.1. The Bertz CT molecular complexity index is 831. The standard InChI is InChI=1S/C23H27ClN2O3/c1-16-7-8-19(15-20(16)24)25-22(27)21(17-5-3-2-4-6-17)26-11-9-18(10-12-26)23-28-13-14-29-23/h2-8,15,18,21,23H,9-14H2,1H3,(H,25,27). The molecule has 2 aromatic rings. The number of piperidine rings is 1. The minimum absolute atomic E-state index is 0.0389. The molecule has 1 N–H and O–H groups in total. The molecule has 2 aliphatic heterocycles. The summed E-state index contributed by atoms with van der Waals surface area (Å²) in [5.74, 6) is 0.354. The lowest BCUT2D eigenvalue weighted by Crippen LogP contribution is -2.44. The van der Waals surface area contributed by atoms with Gasteiger partial charge in [0.1, 0.15) is 6.04 Å². The van der Waals surface area contributed by atoms with Gasteiger partial charge >= 0.3 is 0 Å². The summed E-state index contributed by atoms with van der Waals surface area (Å²) in [5.41, 5.74) is 2.70. The Morgan fingerprint density at radius 3 is 2.45 bits per heavy atom. The van der Waals surface area contributed by atoms with Crippen LogP contribution in [0.2, 0.25) is 5.02 Å². The Balaban J connectivity index is 1.49. The molecular weight excluding hydrogens is 388 g/mol. The average Bonchev–Trinajstić information content (AvgIpc) is 3.27. The molecule has 1 amide bonds. The number of amides is 1. The van der Waals surface area contributed by atoms with Gasteiger partial charge in [0.15, 0.2) is 6.29 Å². The maximum atomic E-state index is 13.3. The highest BCUT2D eigenvalue weighted by atomic mass is 35.5. The minimum atomic E-state index is -0.345. The molecule has 4 rings (SSSR count). The van der Waals surface area contributed by atoms with Crippen LogP contribution in [0.15, 0.2) is 48.5 Å². The van der Waals surface area contributed by atoms with Gasteiger partial charge in [0.05, 0.1) is 13.2 Å². The molecule has 154 valence electrons. The average molecular weight is 415 g/mol. The summed E-state index contributed by atoms with van der Waals surface area (Å²) in [4.78, 5) is 15.6. The second-order valence-corrected chi connectivity index (χ2v) is 8.16. The van der Waals surface area contributed by atoms with E-state index in [1.54, 1.807) is 6.07 Å². The molecule has 0 aromatic heterocycles. The van der Waals surface area contributed by atoms with E-state index in [0.29, 0.717) is 29.8 Å². The normalized spacial score (nSPS) is 19.9. The number of ether oxygens (including phenoxy) is 2. The van der Waals surface area contributed by atoms with Crippen LogP contribution in [0.25, 0.3) is 0 Å². The van der Waals surface area contributed by atoms with Crippen LogP contribution in [0, 0.1) is 12.8 Å². The number of hydrogen-bond acceptors (Lipinski definition) is 4. The van der Waals surface area contributed by atoms with E-state index in [1.807, 2.05) is 49.4 Å². The topological polar surface area (TPSA) is 50.8 Å². The van der Waals surface area contributed by atoms with Gasteiger partial charge in [-0.05, 0) is 56.1 Å². The van der Waals surface area contributed by atoms with Crippen LogP contribution in [0.4, 0.5) is 5.69 Å². The molecular formula is C23H27ClN2O3. The molecule has 0 saturated carbocycles. The first-order valence-electron chi connectivity index (χ1n) is 10.2. The van der Waals surface area contributed by atoms with Crippen molar-refractivity contribution in [3.05, 3.63) is 64.7 Å². The molecule has 2 aromatic carbocycles. The molecule has 5 nitrogen and oxygen atoms in total. The van der Waals surface area contributed by atoms with Crippen molar-refractivity contribution in [3.8, 4) is 0 Å². The first-order valence-corrected chi connectivity index (χ1v) is 10.6. The van der Waals surface area contributed by atoms with Crippen molar-refractivity contribution < 1.29 is 14.3 Å². The zero-order chi connectivity index (χ0) is 20.2. The fourth-order valence-corrected chi connectivity index (χ4v) is 4.32. The number of benzene rings is 2. The third-order valence-corrected chi connectivity index (χ3v) is 6.18. The molecule has 0 aliphatic carbocycles. The summed E-state index contributed by atoms with van der Waals surface area (Å²) < 4.78 is 11.4. The molecule has 29 heavy (non-hydrogen) atoms. The summed E-state index contributed by atoms with van der Waals surface area (Å²) in [5, 5.41) is 3.71. The number of carbonyl (C=O) groups excluding carboxylic acids is 1. The Morgan fingerprint density at radius 2 is 1.79 bits per heavy atom. The second kappa shape index (κ2) is 9.26. The van der Waals surface area contributed by atoms with Crippen LogP contribution in [0.3, 0.4) is 0 Å². The number of rotatable bonds is 5. The molecule has 2 aliphatic rings. The number of nitrogens with one attached hydrogen (secondary N) is 1. The number of carbonyl (C=O) groups is 1. The van der Waals surface area contributed by atoms with Gasteiger partial charge in [-0.3, -0.25) is 9.69 Å². The smallest absolute Gasteiger partial charge is 0.246 e. The van der Waals surface area contributed by atoms with E-state index in [-0.39, 0.29) is 18.2 Å². The predicted molar refractivity (Wildman–Crippen MR) is 114 cm³/mol. The van der Waals surface area contributed by atoms with Crippen molar-refractivity contribution in [3.63, 3.8) is 0 Å². The van der Waals surface area contributed by atoms with E-state index in [1.165, 1.54) is 0 Å². The number of halogens is 1. The van der Waals surface area contributed by atoms with Gasteiger partial charge in [0.2, 0.25) is 5.91 Å². The van der Waals surface area contributed by atoms with Crippen molar-refractivity contribution in [2.45, 2.75) is 32.1 Å². The molecule has 1 atom stereocenters. The van der Waals surface area contributed by atoms with Crippen molar-refractivity contribution in [1.82, 2.24) is 4.90 Å². The Kier molecular flexibility index (Phi) is 6.50. The number of aryl methyl sites for hydroxylation is 1. The van der Waals surface area contributed by atoms with Gasteiger partial charge < -0.3 is 14.8 Å². The monoisotopic (exact) mass is 414 g/mol. The van der Waals surface area contributed by atoms with E-state index in [2.05, 4.69) is 10.2 Å². The third-order valence-electron chi connectivity index (χ3n) is 5.77. The van der Waals surface area contributed by atoms with Gasteiger partial charge in [-0.15, -0.1) is 0 Å². The molecule has 0 bridgehead atoms. The van der Waals surface area contributed by atoms with Crippen molar-refractivity contribution in [2.24, 2.45) is 5.92 Å². The van der Waals surface area contributed by atoms with E-state index in [4.69, 9.17) is 21.1 Å². The van der Waals surface area contributed by atoms with Gasteiger partial charge in [-0.1, -0.05) is 48.0 Å². The highest BCUT2D eigenvalue weighted by Crippen LogP contribution is 2.32. The van der Waals surface area contributed by atoms with Crippen LogP contribution >= 0.6 is 11.6 Å². The first kappa shape index (κ1) is 20.4. The van der Waals surface area contributed by atoms with E-state index in [9.17, 15) is 4.79 Å². The summed E-state index contributed by atoms with van der Waals surface area (Å²) >= 11 is 6.24. The van der Waals surface area contributed by atoms with Gasteiger partial charge in [-0.2, -0.15) is 0 Å². The SMILES string of the molecule is Cc1ccc(NC(=O)C(c2ccccc2)N2CCC(C3OCCO3)CC2)cc1Cl. The van der Waals surface area contributed by atoms with Crippen molar-refractivity contribution >= 4 is 23.2 Å². The second-order valence-electron chi connectivity index (χ2n) is 7.75. The Morgan fingerprint density at radius 1 is 1.10 bits per heavy atom. The van der Waals surface area contributed by atoms with Gasteiger partial charge in [0.25, 0.3) is 0 Å². The Labute approximate surface area is 176 Å². The maximum absolute atomic E-state index is 13.3. The van der Waals surface area contributed by atoms with Crippen molar-refractivity contribution in [1.29, 1.82) is 0 Å². The summed E-state index contributed by atoms with van der Waals surface area (Å²) in [6, 6.07) is 15.2. The molecule has 0 radical (unpaired) electrons. The lowest BCUT2D eigenvalue weighted by molar-refractivity contribution is -0.124. The highest BCUT2D eigenvalue weighted by Gasteiger charge is 2.35. The number of hydrogen-bond donors (Lipinski definition) is 1. The van der Waals surface area contributed by atoms with Crippen LogP contribution in [0.5, 0.6) is 0 Å². The van der Waals surface area contributed by atoms with Crippen molar-refractivity contribution in [2.75, 3.05) is 31.6 Å². The van der Waals surface area contributed by atoms with E-state index in [0.717, 1.165) is 37.1 Å². The number of likely N-dealkylation sites (tertiary alicyclic amines) is 1. The number of nitrogens with zero attached hydrogens (tertiary/aromatic N) is 1. The van der Waals surface area contributed by atoms with Gasteiger partial charge in [-0.25, -0.2) is 0 Å². The molecule has 2 saturated heterocycles. The molecule has 6 heteroatoms. The minimum Gasteiger partial charge on any atom is -0.350 e. The molecule has 2 heterocycles. The predicted octanol–water partition coefficient (Wildman–Crippen LogP) is 4.41. The van der Waals surface area contributed by atoms with E-state index >= 15 is 0 Å². The number of anilines is 1. The van der Waals surface area contributed by atoms with Gasteiger partial charge in [0, 0.05) is 16.6 Å². The molecule has 2 fully saturated rings. The Hall–Kier alpha value is -1.92. The maximum Gasteiger partial charge on any atom is 0.246 e. The molecule has 1 unspecified atom stereocenters. The van der Waals surface area contributed by atoms with Crippen LogP contribution < -0.4 is 5.32 Å². The summed E-state index contributed by atoms with van der Waals surface area (Å²) in [6.07, 6.45) is 1.82. The summed E-state index contributed by atoms with van der Waals surface area (Å²) in [7, 11) is 0. The zero-order valence-electron chi connectivity index (χ0n) is 16.6. The fourth-order valence-electron chi connectivity index (χ4n) is 4.14.